The molecule has 0 saturated carbocycles. The lowest BCUT2D eigenvalue weighted by Crippen LogP contribution is -2.35. The van der Waals surface area contributed by atoms with E-state index in [9.17, 15) is 14.9 Å². The molecule has 1 aromatic heterocycles. The Morgan fingerprint density at radius 2 is 1.89 bits per heavy atom. The van der Waals surface area contributed by atoms with Gasteiger partial charge in [0.05, 0.1) is 0 Å². The Hall–Kier alpha value is -2.55. The number of ether oxygens (including phenoxy) is 1. The molecule has 6 nitrogen and oxygen atoms in total. The predicted octanol–water partition coefficient (Wildman–Crippen LogP) is 3.37. The second-order valence-corrected chi connectivity index (χ2v) is 7.02. The second-order valence-electron chi connectivity index (χ2n) is 7.02. The molecule has 27 heavy (non-hydrogen) atoms. The number of hydrogen-bond donors (Lipinski definition) is 0. The van der Waals surface area contributed by atoms with Gasteiger partial charge in [-0.1, -0.05) is 19.8 Å². The first-order valence-electron chi connectivity index (χ1n) is 9.71. The third-order valence-corrected chi connectivity index (χ3v) is 4.99. The van der Waals surface area contributed by atoms with Crippen molar-refractivity contribution in [3.63, 3.8) is 0 Å². The van der Waals surface area contributed by atoms with Gasteiger partial charge in [0.15, 0.2) is 6.61 Å². The molecular weight excluding hydrogens is 342 g/mol. The van der Waals surface area contributed by atoms with Crippen LogP contribution in [0.25, 0.3) is 6.08 Å². The van der Waals surface area contributed by atoms with Crippen LogP contribution in [0.15, 0.2) is 11.6 Å². The molecule has 0 N–H and O–H groups in total. The quantitative estimate of drug-likeness (QED) is 0.436. The first-order chi connectivity index (χ1) is 13.0. The maximum atomic E-state index is 12.3. The summed E-state index contributed by atoms with van der Waals surface area (Å²) in [5, 5.41) is 9.36. The van der Waals surface area contributed by atoms with Gasteiger partial charge in [0.2, 0.25) is 0 Å². The first kappa shape index (κ1) is 20.8. The number of amides is 1. The zero-order valence-electron chi connectivity index (χ0n) is 16.6. The van der Waals surface area contributed by atoms with E-state index in [1.807, 2.05) is 26.0 Å². The van der Waals surface area contributed by atoms with Crippen LogP contribution in [0.3, 0.4) is 0 Å². The van der Waals surface area contributed by atoms with Gasteiger partial charge >= 0.3 is 5.97 Å². The van der Waals surface area contributed by atoms with Crippen LogP contribution in [0.1, 0.15) is 56.0 Å². The minimum Gasteiger partial charge on any atom is -0.451 e. The highest BCUT2D eigenvalue weighted by Crippen LogP contribution is 2.19. The summed E-state index contributed by atoms with van der Waals surface area (Å²) in [5.74, 6) is -0.940. The number of rotatable bonds is 6. The number of esters is 1. The van der Waals surface area contributed by atoms with Gasteiger partial charge in [-0.05, 0) is 50.8 Å². The molecule has 146 valence electrons. The van der Waals surface area contributed by atoms with E-state index in [0.29, 0.717) is 13.1 Å². The zero-order valence-corrected chi connectivity index (χ0v) is 16.6. The maximum Gasteiger partial charge on any atom is 0.349 e. The van der Waals surface area contributed by atoms with Gasteiger partial charge in [-0.25, -0.2) is 4.79 Å². The molecule has 0 spiro atoms. The molecule has 1 aromatic rings. The van der Waals surface area contributed by atoms with E-state index in [1.165, 1.54) is 0 Å². The lowest BCUT2D eigenvalue weighted by Gasteiger charge is -2.19. The topological polar surface area (TPSA) is 75.3 Å². The van der Waals surface area contributed by atoms with Gasteiger partial charge in [-0.2, -0.15) is 5.26 Å². The smallest absolute Gasteiger partial charge is 0.349 e. The van der Waals surface area contributed by atoms with E-state index in [0.717, 1.165) is 55.6 Å². The summed E-state index contributed by atoms with van der Waals surface area (Å²) in [6.45, 7) is 8.08. The van der Waals surface area contributed by atoms with E-state index >= 15 is 0 Å². The highest BCUT2D eigenvalue weighted by molar-refractivity contribution is 5.99. The van der Waals surface area contributed by atoms with Gasteiger partial charge in [0.25, 0.3) is 5.91 Å². The van der Waals surface area contributed by atoms with Crippen molar-refractivity contribution < 1.29 is 14.3 Å². The molecule has 1 amide bonds. The van der Waals surface area contributed by atoms with Crippen molar-refractivity contribution in [1.82, 2.24) is 9.47 Å². The molecule has 1 saturated heterocycles. The van der Waals surface area contributed by atoms with Crippen molar-refractivity contribution in [2.75, 3.05) is 19.7 Å². The molecule has 1 aliphatic rings. The summed E-state index contributed by atoms with van der Waals surface area (Å²) < 4.78 is 7.28. The van der Waals surface area contributed by atoms with E-state index in [-0.39, 0.29) is 18.1 Å². The zero-order chi connectivity index (χ0) is 19.8. The van der Waals surface area contributed by atoms with Gasteiger partial charge in [0.1, 0.15) is 11.6 Å². The van der Waals surface area contributed by atoms with Gasteiger partial charge in [-0.15, -0.1) is 0 Å². The molecule has 1 fully saturated rings. The molecule has 0 aliphatic carbocycles. The van der Waals surface area contributed by atoms with E-state index < -0.39 is 5.97 Å². The van der Waals surface area contributed by atoms with Crippen LogP contribution in [-0.2, 0) is 20.9 Å². The average Bonchev–Trinajstić information content (AvgIpc) is 2.87. The molecule has 0 aromatic carbocycles. The summed E-state index contributed by atoms with van der Waals surface area (Å²) in [7, 11) is 0. The van der Waals surface area contributed by atoms with Crippen LogP contribution in [0.2, 0.25) is 0 Å². The second kappa shape index (κ2) is 9.96. The average molecular weight is 371 g/mol. The Bertz CT molecular complexity index is 747. The Labute approximate surface area is 161 Å². The maximum absolute atomic E-state index is 12.3. The number of aryl methyl sites for hydroxylation is 1. The van der Waals surface area contributed by atoms with Crippen LogP contribution in [0.5, 0.6) is 0 Å². The number of nitriles is 1. The van der Waals surface area contributed by atoms with Crippen molar-refractivity contribution in [3.8, 4) is 6.07 Å². The van der Waals surface area contributed by atoms with Gasteiger partial charge in [-0.3, -0.25) is 4.79 Å². The standard InChI is InChI=1S/C21H29N3O3/c1-4-9-24-16(2)12-18(17(24)3)13-19(14-22)21(26)27-15-20(25)23-10-7-5-6-8-11-23/h12-13H,4-11,15H2,1-3H3. The summed E-state index contributed by atoms with van der Waals surface area (Å²) in [4.78, 5) is 26.3. The molecule has 2 rings (SSSR count). The molecule has 0 bridgehead atoms. The molecule has 2 heterocycles. The largest absolute Gasteiger partial charge is 0.451 e. The fourth-order valence-electron chi connectivity index (χ4n) is 3.45. The monoisotopic (exact) mass is 371 g/mol. The number of hydrogen-bond acceptors (Lipinski definition) is 4. The van der Waals surface area contributed by atoms with Gasteiger partial charge < -0.3 is 14.2 Å². The van der Waals surface area contributed by atoms with E-state index in [1.54, 1.807) is 11.0 Å². The SMILES string of the molecule is CCCn1c(C)cc(C=C(C#N)C(=O)OCC(=O)N2CCCCCC2)c1C. The number of likely N-dealkylation sites (tertiary alicyclic amines) is 1. The molecule has 0 unspecified atom stereocenters. The summed E-state index contributed by atoms with van der Waals surface area (Å²) in [5.41, 5.74) is 2.84. The molecule has 6 heteroatoms. The minimum atomic E-state index is -0.749. The van der Waals surface area contributed by atoms with Crippen molar-refractivity contribution in [2.24, 2.45) is 0 Å². The lowest BCUT2D eigenvalue weighted by molar-refractivity contribution is -0.148. The highest BCUT2D eigenvalue weighted by atomic mass is 16.5. The van der Waals surface area contributed by atoms with Gasteiger partial charge in [0, 0.05) is 31.0 Å². The lowest BCUT2D eigenvalue weighted by atomic mass is 10.1. The molecule has 0 radical (unpaired) electrons. The van der Waals surface area contributed by atoms with Crippen molar-refractivity contribution >= 4 is 18.0 Å². The molecule has 0 atom stereocenters. The van der Waals surface area contributed by atoms with Crippen LogP contribution in [0, 0.1) is 25.2 Å². The Kier molecular flexibility index (Phi) is 7.66. The summed E-state index contributed by atoms with van der Waals surface area (Å²) >= 11 is 0. The summed E-state index contributed by atoms with van der Waals surface area (Å²) in [6.07, 6.45) is 6.77. The third kappa shape index (κ3) is 5.46. The van der Waals surface area contributed by atoms with Crippen LogP contribution < -0.4 is 0 Å². The van der Waals surface area contributed by atoms with E-state index in [2.05, 4.69) is 11.5 Å². The first-order valence-corrected chi connectivity index (χ1v) is 9.71. The Balaban J connectivity index is 2.03. The predicted molar refractivity (Wildman–Crippen MR) is 104 cm³/mol. The van der Waals surface area contributed by atoms with Crippen molar-refractivity contribution in [1.29, 1.82) is 5.26 Å². The number of carbonyl (C=O) groups is 2. The minimum absolute atomic E-state index is 0.0876. The fraction of sp³-hybridized carbons (Fsp3) is 0.571. The number of carbonyl (C=O) groups excluding carboxylic acids is 2. The summed E-state index contributed by atoms with van der Waals surface area (Å²) in [6, 6.07) is 3.86. The van der Waals surface area contributed by atoms with Crippen LogP contribution in [-0.4, -0.2) is 41.0 Å². The van der Waals surface area contributed by atoms with Crippen molar-refractivity contribution in [2.45, 2.75) is 59.4 Å². The van der Waals surface area contributed by atoms with Crippen molar-refractivity contribution in [3.05, 3.63) is 28.6 Å². The Morgan fingerprint density at radius 1 is 1.22 bits per heavy atom. The fourth-order valence-corrected chi connectivity index (χ4v) is 3.45. The van der Waals surface area contributed by atoms with Crippen LogP contribution >= 0.6 is 0 Å². The number of nitrogens with zero attached hydrogens (tertiary/aromatic N) is 3. The Morgan fingerprint density at radius 3 is 2.48 bits per heavy atom. The highest BCUT2D eigenvalue weighted by Gasteiger charge is 2.19. The molecule has 1 aliphatic heterocycles. The molecular formula is C21H29N3O3. The third-order valence-electron chi connectivity index (χ3n) is 4.99. The van der Waals surface area contributed by atoms with Crippen LogP contribution in [0.4, 0.5) is 0 Å². The number of aromatic nitrogens is 1. The normalized spacial score (nSPS) is 15.2. The van der Waals surface area contributed by atoms with E-state index in [4.69, 9.17) is 4.74 Å².